The second-order valence-corrected chi connectivity index (χ2v) is 6.52. The number of rotatable bonds is 4. The molecule has 0 spiro atoms. The molecule has 1 aromatic carbocycles. The van der Waals surface area contributed by atoms with Crippen LogP contribution >= 0.6 is 11.6 Å². The van der Waals surface area contributed by atoms with Crippen LogP contribution in [0.4, 0.5) is 0 Å². The van der Waals surface area contributed by atoms with E-state index in [1.807, 2.05) is 31.2 Å². The zero-order valence-electron chi connectivity index (χ0n) is 12.6. The van der Waals surface area contributed by atoms with Gasteiger partial charge in [0.1, 0.15) is 0 Å². The maximum absolute atomic E-state index is 12.4. The van der Waals surface area contributed by atoms with Crippen molar-refractivity contribution in [2.75, 3.05) is 0 Å². The van der Waals surface area contributed by atoms with Gasteiger partial charge in [-0.05, 0) is 37.8 Å². The van der Waals surface area contributed by atoms with Crippen LogP contribution in [0, 0.1) is 5.92 Å². The number of carbonyl (C=O) groups excluding carboxylic acids is 1. The van der Waals surface area contributed by atoms with E-state index in [0.29, 0.717) is 0 Å². The van der Waals surface area contributed by atoms with Gasteiger partial charge < -0.3 is 11.1 Å². The van der Waals surface area contributed by atoms with Crippen LogP contribution in [0.2, 0.25) is 5.02 Å². The Hall–Kier alpha value is -1.06. The Morgan fingerprint density at radius 1 is 1.33 bits per heavy atom. The van der Waals surface area contributed by atoms with Crippen molar-refractivity contribution in [2.45, 2.75) is 57.5 Å². The normalized spacial score (nSPS) is 24.1. The van der Waals surface area contributed by atoms with Crippen LogP contribution in [-0.2, 0) is 11.2 Å². The number of hydrogen-bond donors (Lipinski definition) is 2. The lowest BCUT2D eigenvalue weighted by molar-refractivity contribution is -0.126. The monoisotopic (exact) mass is 308 g/mol. The van der Waals surface area contributed by atoms with E-state index in [1.165, 1.54) is 6.42 Å². The molecule has 116 valence electrons. The first-order valence-electron chi connectivity index (χ1n) is 7.87. The third-order valence-electron chi connectivity index (χ3n) is 4.28. The summed E-state index contributed by atoms with van der Waals surface area (Å²) in [5.74, 6) is 0.0603. The standard InChI is InChI=1S/C17H25ClN2O/c1-12(11-13-7-5-6-9-15(13)18)20-17(21)14-8-3-2-4-10-16(14)19/h5-7,9,12,14,16H,2-4,8,10-11,19H2,1H3,(H,20,21). The van der Waals surface area contributed by atoms with Crippen molar-refractivity contribution in [1.82, 2.24) is 5.32 Å². The van der Waals surface area contributed by atoms with E-state index in [0.717, 1.165) is 42.7 Å². The third kappa shape index (κ3) is 4.72. The lowest BCUT2D eigenvalue weighted by atomic mass is 9.94. The molecule has 0 aliphatic heterocycles. The predicted molar refractivity (Wildman–Crippen MR) is 87.3 cm³/mol. The molecule has 3 nitrogen and oxygen atoms in total. The second kappa shape index (κ2) is 7.81. The van der Waals surface area contributed by atoms with Crippen molar-refractivity contribution in [3.05, 3.63) is 34.9 Å². The molecule has 1 saturated carbocycles. The minimum absolute atomic E-state index is 0.0000123. The maximum atomic E-state index is 12.4. The highest BCUT2D eigenvalue weighted by molar-refractivity contribution is 6.31. The molecule has 0 saturated heterocycles. The lowest BCUT2D eigenvalue weighted by Crippen LogP contribution is -2.45. The van der Waals surface area contributed by atoms with E-state index in [-0.39, 0.29) is 23.9 Å². The first-order valence-corrected chi connectivity index (χ1v) is 8.25. The van der Waals surface area contributed by atoms with Gasteiger partial charge in [0, 0.05) is 17.1 Å². The van der Waals surface area contributed by atoms with Crippen molar-refractivity contribution in [3.8, 4) is 0 Å². The minimum atomic E-state index is -0.0406. The minimum Gasteiger partial charge on any atom is -0.353 e. The van der Waals surface area contributed by atoms with E-state index < -0.39 is 0 Å². The molecule has 0 radical (unpaired) electrons. The first-order chi connectivity index (χ1) is 10.1. The molecule has 1 aliphatic rings. The average Bonchev–Trinajstić information content (AvgIpc) is 2.66. The van der Waals surface area contributed by atoms with E-state index in [1.54, 1.807) is 0 Å². The van der Waals surface area contributed by atoms with Crippen LogP contribution in [0.3, 0.4) is 0 Å². The Morgan fingerprint density at radius 2 is 2.05 bits per heavy atom. The fraction of sp³-hybridized carbons (Fsp3) is 0.588. The van der Waals surface area contributed by atoms with Gasteiger partial charge in [0.25, 0.3) is 0 Å². The van der Waals surface area contributed by atoms with Gasteiger partial charge in [0.05, 0.1) is 5.92 Å². The molecular formula is C17H25ClN2O. The van der Waals surface area contributed by atoms with Crippen LogP contribution in [0.25, 0.3) is 0 Å². The van der Waals surface area contributed by atoms with Gasteiger partial charge in [-0.2, -0.15) is 0 Å². The van der Waals surface area contributed by atoms with Gasteiger partial charge in [-0.1, -0.05) is 49.1 Å². The summed E-state index contributed by atoms with van der Waals surface area (Å²) in [6.45, 7) is 2.02. The highest BCUT2D eigenvalue weighted by Gasteiger charge is 2.27. The van der Waals surface area contributed by atoms with E-state index >= 15 is 0 Å². The molecule has 1 fully saturated rings. The molecule has 2 rings (SSSR count). The lowest BCUT2D eigenvalue weighted by Gasteiger charge is -2.23. The van der Waals surface area contributed by atoms with Gasteiger partial charge >= 0.3 is 0 Å². The molecule has 0 bridgehead atoms. The molecule has 1 aliphatic carbocycles. The Balaban J connectivity index is 1.91. The van der Waals surface area contributed by atoms with Gasteiger partial charge in [0.15, 0.2) is 0 Å². The average molecular weight is 309 g/mol. The molecule has 1 amide bonds. The summed E-state index contributed by atoms with van der Waals surface area (Å²) in [4.78, 5) is 12.4. The SMILES string of the molecule is CC(Cc1ccccc1Cl)NC(=O)C1CCCCCC1N. The van der Waals surface area contributed by atoms with E-state index in [4.69, 9.17) is 17.3 Å². The number of nitrogens with two attached hydrogens (primary N) is 1. The number of halogens is 1. The molecule has 1 aromatic rings. The van der Waals surface area contributed by atoms with Gasteiger partial charge in [0.2, 0.25) is 5.91 Å². The molecule has 21 heavy (non-hydrogen) atoms. The molecular weight excluding hydrogens is 284 g/mol. The molecule has 3 unspecified atom stereocenters. The fourth-order valence-electron chi connectivity index (χ4n) is 3.06. The molecule has 0 aromatic heterocycles. The van der Waals surface area contributed by atoms with E-state index in [2.05, 4.69) is 5.32 Å². The summed E-state index contributed by atoms with van der Waals surface area (Å²) in [7, 11) is 0. The zero-order valence-corrected chi connectivity index (χ0v) is 13.4. The third-order valence-corrected chi connectivity index (χ3v) is 4.65. The molecule has 0 heterocycles. The van der Waals surface area contributed by atoms with Crippen LogP contribution in [0.1, 0.15) is 44.6 Å². The van der Waals surface area contributed by atoms with Gasteiger partial charge in [-0.3, -0.25) is 4.79 Å². The maximum Gasteiger partial charge on any atom is 0.224 e. The highest BCUT2D eigenvalue weighted by Crippen LogP contribution is 2.23. The smallest absolute Gasteiger partial charge is 0.224 e. The molecule has 3 N–H and O–H groups in total. The van der Waals surface area contributed by atoms with Gasteiger partial charge in [-0.15, -0.1) is 0 Å². The van der Waals surface area contributed by atoms with Crippen molar-refractivity contribution >= 4 is 17.5 Å². The number of hydrogen-bond acceptors (Lipinski definition) is 2. The Labute approximate surface area is 132 Å². The number of nitrogens with one attached hydrogen (secondary N) is 1. The summed E-state index contributed by atoms with van der Waals surface area (Å²) in [6.07, 6.45) is 6.04. The van der Waals surface area contributed by atoms with Crippen LogP contribution < -0.4 is 11.1 Å². The largest absolute Gasteiger partial charge is 0.353 e. The van der Waals surface area contributed by atoms with E-state index in [9.17, 15) is 4.79 Å². The summed E-state index contributed by atoms with van der Waals surface area (Å²) in [5.41, 5.74) is 7.22. The van der Waals surface area contributed by atoms with Gasteiger partial charge in [-0.25, -0.2) is 0 Å². The zero-order chi connectivity index (χ0) is 15.2. The summed E-state index contributed by atoms with van der Waals surface area (Å²) in [6, 6.07) is 7.83. The second-order valence-electron chi connectivity index (χ2n) is 6.11. The summed E-state index contributed by atoms with van der Waals surface area (Å²) >= 11 is 6.17. The number of amides is 1. The number of benzene rings is 1. The highest BCUT2D eigenvalue weighted by atomic mass is 35.5. The molecule has 4 heteroatoms. The topological polar surface area (TPSA) is 55.1 Å². The number of carbonyl (C=O) groups is 1. The van der Waals surface area contributed by atoms with Crippen molar-refractivity contribution in [1.29, 1.82) is 0 Å². The Morgan fingerprint density at radius 3 is 2.81 bits per heavy atom. The Kier molecular flexibility index (Phi) is 6.07. The van der Waals surface area contributed by atoms with Crippen LogP contribution in [0.5, 0.6) is 0 Å². The quantitative estimate of drug-likeness (QED) is 0.839. The van der Waals surface area contributed by atoms with Crippen LogP contribution in [0.15, 0.2) is 24.3 Å². The summed E-state index contributed by atoms with van der Waals surface area (Å²) in [5, 5.41) is 3.86. The molecule has 3 atom stereocenters. The predicted octanol–water partition coefficient (Wildman–Crippen LogP) is 3.29. The summed E-state index contributed by atoms with van der Waals surface area (Å²) < 4.78 is 0. The fourth-order valence-corrected chi connectivity index (χ4v) is 3.27. The Bertz CT molecular complexity index is 478. The van der Waals surface area contributed by atoms with Crippen molar-refractivity contribution in [3.63, 3.8) is 0 Å². The first kappa shape index (κ1) is 16.3. The van der Waals surface area contributed by atoms with Crippen LogP contribution in [-0.4, -0.2) is 18.0 Å². The van der Waals surface area contributed by atoms with Crippen molar-refractivity contribution < 1.29 is 4.79 Å². The van der Waals surface area contributed by atoms with Crippen molar-refractivity contribution in [2.24, 2.45) is 11.7 Å².